The van der Waals surface area contributed by atoms with Gasteiger partial charge in [0, 0.05) is 51.8 Å². The van der Waals surface area contributed by atoms with Gasteiger partial charge in [-0.15, -0.1) is 0 Å². The Morgan fingerprint density at radius 3 is 2.81 bits per heavy atom. The van der Waals surface area contributed by atoms with E-state index in [0.29, 0.717) is 24.7 Å². The smallest absolute Gasteiger partial charge is 0.273 e. The largest absolute Gasteiger partial charge is 0.462 e. The lowest BCUT2D eigenvalue weighted by atomic mass is 10.0. The second-order valence-corrected chi connectivity index (χ2v) is 8.69. The van der Waals surface area contributed by atoms with Crippen molar-refractivity contribution in [2.45, 2.75) is 57.7 Å². The summed E-state index contributed by atoms with van der Waals surface area (Å²) >= 11 is 0. The van der Waals surface area contributed by atoms with E-state index in [0.717, 1.165) is 81.1 Å². The number of aromatic nitrogens is 2. The second kappa shape index (κ2) is 8.96. The maximum Gasteiger partial charge on any atom is 0.273 e. The average Bonchev–Trinajstić information content (AvgIpc) is 3.51. The first-order chi connectivity index (χ1) is 15.2. The van der Waals surface area contributed by atoms with Gasteiger partial charge in [-0.3, -0.25) is 9.69 Å². The van der Waals surface area contributed by atoms with Crippen molar-refractivity contribution >= 4 is 11.9 Å². The minimum atomic E-state index is 0.0317. The highest BCUT2D eigenvalue weighted by molar-refractivity contribution is 5.94. The molecule has 2 aromatic heterocycles. The molecule has 0 bridgehead atoms. The number of carbonyl (C=O) groups is 1. The number of amides is 1. The quantitative estimate of drug-likeness (QED) is 0.788. The van der Waals surface area contributed by atoms with Gasteiger partial charge in [0.15, 0.2) is 0 Å². The Kier molecular flexibility index (Phi) is 5.91. The zero-order valence-corrected chi connectivity index (χ0v) is 18.2. The zero-order chi connectivity index (χ0) is 21.2. The molecule has 0 radical (unpaired) electrons. The van der Waals surface area contributed by atoms with Crippen molar-refractivity contribution in [2.24, 2.45) is 0 Å². The van der Waals surface area contributed by atoms with Crippen molar-refractivity contribution in [1.82, 2.24) is 19.8 Å². The molecule has 166 valence electrons. The van der Waals surface area contributed by atoms with Crippen LogP contribution in [-0.4, -0.2) is 59.0 Å². The first kappa shape index (κ1) is 20.5. The summed E-state index contributed by atoms with van der Waals surface area (Å²) in [5.74, 6) is 2.42. The summed E-state index contributed by atoms with van der Waals surface area (Å²) in [5.41, 5.74) is 2.50. The fourth-order valence-electron chi connectivity index (χ4n) is 4.80. The van der Waals surface area contributed by atoms with Crippen LogP contribution in [-0.2, 0) is 24.2 Å². The lowest BCUT2D eigenvalue weighted by Gasteiger charge is -2.29. The van der Waals surface area contributed by atoms with Crippen LogP contribution in [0.25, 0.3) is 0 Å². The summed E-state index contributed by atoms with van der Waals surface area (Å²) in [4.78, 5) is 26.6. The average molecular weight is 426 g/mol. The van der Waals surface area contributed by atoms with Gasteiger partial charge >= 0.3 is 0 Å². The van der Waals surface area contributed by atoms with Crippen LogP contribution in [0.3, 0.4) is 0 Å². The predicted molar refractivity (Wildman–Crippen MR) is 116 cm³/mol. The van der Waals surface area contributed by atoms with Gasteiger partial charge in [-0.1, -0.05) is 0 Å². The maximum atomic E-state index is 13.2. The van der Waals surface area contributed by atoms with Crippen LogP contribution in [0.15, 0.2) is 16.5 Å². The van der Waals surface area contributed by atoms with E-state index in [9.17, 15) is 4.79 Å². The minimum absolute atomic E-state index is 0.0317. The van der Waals surface area contributed by atoms with Gasteiger partial charge in [0.2, 0.25) is 5.95 Å². The molecule has 3 aliphatic heterocycles. The Labute approximate surface area is 183 Å². The molecule has 0 saturated carbocycles. The van der Waals surface area contributed by atoms with Gasteiger partial charge in [-0.2, -0.15) is 0 Å². The molecule has 1 amide bonds. The molecule has 8 nitrogen and oxygen atoms in total. The molecular formula is C23H31N5O3. The number of ether oxygens (including phenoxy) is 1. The van der Waals surface area contributed by atoms with Crippen molar-refractivity contribution in [3.63, 3.8) is 0 Å². The Balaban J connectivity index is 1.33. The lowest BCUT2D eigenvalue weighted by Crippen LogP contribution is -2.35. The SMILES string of the molecule is CNc1nc2c(c(C(=O)N3CCCC3)n1)CN(Cc1ccc(C3CCCCO3)o1)CC2. The molecule has 2 aromatic rings. The maximum absolute atomic E-state index is 13.2. The van der Waals surface area contributed by atoms with E-state index in [4.69, 9.17) is 9.15 Å². The molecule has 1 unspecified atom stereocenters. The lowest BCUT2D eigenvalue weighted by molar-refractivity contribution is 0.000794. The number of fused-ring (bicyclic) bond motifs is 1. The number of likely N-dealkylation sites (tertiary alicyclic amines) is 1. The van der Waals surface area contributed by atoms with E-state index >= 15 is 0 Å². The standard InChI is InChI=1S/C23H31N5O3/c1-24-23-25-18-9-12-27(14-16-7-8-20(31-16)19-6-2-5-13-30-19)15-17(18)21(26-23)22(29)28-10-3-4-11-28/h7-8,19H,2-6,9-15H2,1H3,(H,24,25,26). The van der Waals surface area contributed by atoms with E-state index in [1.807, 2.05) is 11.0 Å². The highest BCUT2D eigenvalue weighted by Crippen LogP contribution is 2.30. The Hall–Kier alpha value is -2.45. The minimum Gasteiger partial charge on any atom is -0.462 e. The number of anilines is 1. The Bertz CT molecular complexity index is 931. The molecule has 2 fully saturated rings. The van der Waals surface area contributed by atoms with Crippen LogP contribution in [0.4, 0.5) is 5.95 Å². The third-order valence-electron chi connectivity index (χ3n) is 6.52. The van der Waals surface area contributed by atoms with E-state index < -0.39 is 0 Å². The van der Waals surface area contributed by atoms with Gasteiger partial charge in [0.1, 0.15) is 23.3 Å². The molecule has 1 N–H and O–H groups in total. The Morgan fingerprint density at radius 1 is 1.16 bits per heavy atom. The highest BCUT2D eigenvalue weighted by Gasteiger charge is 2.30. The second-order valence-electron chi connectivity index (χ2n) is 8.69. The number of hydrogen-bond acceptors (Lipinski definition) is 7. The van der Waals surface area contributed by atoms with Gasteiger partial charge in [0.05, 0.1) is 12.2 Å². The van der Waals surface area contributed by atoms with E-state index in [2.05, 4.69) is 26.3 Å². The fourth-order valence-corrected chi connectivity index (χ4v) is 4.80. The van der Waals surface area contributed by atoms with E-state index in [-0.39, 0.29) is 12.0 Å². The number of hydrogen-bond donors (Lipinski definition) is 1. The molecule has 3 aliphatic rings. The number of furan rings is 1. The number of nitrogens with one attached hydrogen (secondary N) is 1. The summed E-state index contributed by atoms with van der Waals surface area (Å²) in [6.07, 6.45) is 6.36. The highest BCUT2D eigenvalue weighted by atomic mass is 16.5. The zero-order valence-electron chi connectivity index (χ0n) is 18.2. The number of carbonyl (C=O) groups excluding carboxylic acids is 1. The molecule has 5 rings (SSSR count). The molecule has 0 aliphatic carbocycles. The predicted octanol–water partition coefficient (Wildman–Crippen LogP) is 3.15. The summed E-state index contributed by atoms with van der Waals surface area (Å²) in [5, 5.41) is 3.01. The van der Waals surface area contributed by atoms with Gasteiger partial charge in [-0.05, 0) is 44.2 Å². The molecule has 2 saturated heterocycles. The van der Waals surface area contributed by atoms with Crippen molar-refractivity contribution in [3.05, 3.63) is 40.6 Å². The molecule has 31 heavy (non-hydrogen) atoms. The van der Waals surface area contributed by atoms with Crippen LogP contribution in [0, 0.1) is 0 Å². The topological polar surface area (TPSA) is 83.7 Å². The first-order valence-electron chi connectivity index (χ1n) is 11.5. The van der Waals surface area contributed by atoms with Gasteiger partial charge < -0.3 is 19.4 Å². The molecule has 8 heteroatoms. The van der Waals surface area contributed by atoms with Crippen molar-refractivity contribution in [3.8, 4) is 0 Å². The van der Waals surface area contributed by atoms with E-state index in [1.165, 1.54) is 6.42 Å². The Morgan fingerprint density at radius 2 is 2.03 bits per heavy atom. The summed E-state index contributed by atoms with van der Waals surface area (Å²) in [6.45, 7) is 4.68. The molecule has 0 spiro atoms. The van der Waals surface area contributed by atoms with E-state index in [1.54, 1.807) is 7.05 Å². The molecular weight excluding hydrogens is 394 g/mol. The summed E-state index contributed by atoms with van der Waals surface area (Å²) in [7, 11) is 1.80. The van der Waals surface area contributed by atoms with Crippen LogP contribution in [0.5, 0.6) is 0 Å². The van der Waals surface area contributed by atoms with Crippen molar-refractivity contribution in [2.75, 3.05) is 38.6 Å². The van der Waals surface area contributed by atoms with Crippen LogP contribution in [0.1, 0.15) is 71.5 Å². The monoisotopic (exact) mass is 425 g/mol. The van der Waals surface area contributed by atoms with Crippen molar-refractivity contribution in [1.29, 1.82) is 0 Å². The molecule has 0 aromatic carbocycles. The van der Waals surface area contributed by atoms with Gasteiger partial charge in [-0.25, -0.2) is 9.97 Å². The van der Waals surface area contributed by atoms with Crippen LogP contribution >= 0.6 is 0 Å². The van der Waals surface area contributed by atoms with Crippen molar-refractivity contribution < 1.29 is 13.9 Å². The first-order valence-corrected chi connectivity index (χ1v) is 11.5. The molecule has 1 atom stereocenters. The third-order valence-corrected chi connectivity index (χ3v) is 6.52. The fraction of sp³-hybridized carbons (Fsp3) is 0.609. The van der Waals surface area contributed by atoms with Gasteiger partial charge in [0.25, 0.3) is 5.91 Å². The summed E-state index contributed by atoms with van der Waals surface area (Å²) < 4.78 is 12.0. The summed E-state index contributed by atoms with van der Waals surface area (Å²) in [6, 6.07) is 4.10. The third kappa shape index (κ3) is 4.32. The van der Waals surface area contributed by atoms with Crippen LogP contribution < -0.4 is 5.32 Å². The van der Waals surface area contributed by atoms with Crippen LogP contribution in [0.2, 0.25) is 0 Å². The molecule has 5 heterocycles. The number of rotatable bonds is 5. The normalized spacial score (nSPS) is 21.8. The number of nitrogens with zero attached hydrogens (tertiary/aromatic N) is 4.